The molecule has 0 bridgehead atoms. The van der Waals surface area contributed by atoms with Gasteiger partial charge in [0, 0.05) is 16.7 Å². The molecule has 34 heavy (non-hydrogen) atoms. The van der Waals surface area contributed by atoms with E-state index in [1.165, 1.54) is 0 Å². The number of nitrogens with zero attached hydrogens (tertiary/aromatic N) is 1. The van der Waals surface area contributed by atoms with E-state index < -0.39 is 6.04 Å². The Morgan fingerprint density at radius 2 is 1.71 bits per heavy atom. The van der Waals surface area contributed by atoms with Crippen molar-refractivity contribution in [2.75, 3.05) is 18.4 Å². The first-order chi connectivity index (χ1) is 16.5. The van der Waals surface area contributed by atoms with Crippen LogP contribution in [0.3, 0.4) is 0 Å². The van der Waals surface area contributed by atoms with Crippen molar-refractivity contribution in [3.05, 3.63) is 88.9 Å². The van der Waals surface area contributed by atoms with Crippen molar-refractivity contribution in [3.8, 4) is 0 Å². The van der Waals surface area contributed by atoms with Gasteiger partial charge in [0.25, 0.3) is 0 Å². The standard InChI is InChI=1S/C26H23N3O5/c30-22(15-29-12-4-11-21(29)26(33)27-14-16-6-5-13-34-16)28-20-10-3-9-19-23(20)25(32)18-8-2-1-7-17(18)24(19)31/h1-3,5-10,13,21H,4,11-12,14-15H2,(H,27,33)(H,28,30). The minimum atomic E-state index is -0.416. The van der Waals surface area contributed by atoms with Crippen molar-refractivity contribution in [2.24, 2.45) is 0 Å². The zero-order chi connectivity index (χ0) is 23.7. The average molecular weight is 457 g/mol. The molecule has 1 aliphatic heterocycles. The van der Waals surface area contributed by atoms with E-state index in [-0.39, 0.29) is 47.6 Å². The summed E-state index contributed by atoms with van der Waals surface area (Å²) >= 11 is 0. The number of carbonyl (C=O) groups excluding carboxylic acids is 4. The number of rotatable bonds is 6. The van der Waals surface area contributed by atoms with Crippen LogP contribution in [0, 0.1) is 0 Å². The van der Waals surface area contributed by atoms with Crippen LogP contribution < -0.4 is 10.6 Å². The summed E-state index contributed by atoms with van der Waals surface area (Å²) in [5.74, 6) is -0.383. The number of carbonyl (C=O) groups is 4. The van der Waals surface area contributed by atoms with Gasteiger partial charge in [-0.25, -0.2) is 0 Å². The summed E-state index contributed by atoms with van der Waals surface area (Å²) in [6.07, 6.45) is 3.01. The van der Waals surface area contributed by atoms with Crippen molar-refractivity contribution >= 4 is 29.1 Å². The molecule has 1 atom stereocenters. The van der Waals surface area contributed by atoms with Gasteiger partial charge in [-0.3, -0.25) is 24.1 Å². The number of furan rings is 1. The van der Waals surface area contributed by atoms with E-state index >= 15 is 0 Å². The van der Waals surface area contributed by atoms with E-state index in [4.69, 9.17) is 4.42 Å². The first-order valence-electron chi connectivity index (χ1n) is 11.2. The summed E-state index contributed by atoms with van der Waals surface area (Å²) in [5, 5.41) is 5.64. The Bertz CT molecular complexity index is 1280. The zero-order valence-electron chi connectivity index (χ0n) is 18.4. The number of benzene rings is 2. The Balaban J connectivity index is 1.28. The molecule has 1 fully saturated rings. The van der Waals surface area contributed by atoms with E-state index in [2.05, 4.69) is 10.6 Å². The fraction of sp³-hybridized carbons (Fsp3) is 0.231. The van der Waals surface area contributed by atoms with E-state index in [1.54, 1.807) is 60.9 Å². The van der Waals surface area contributed by atoms with Gasteiger partial charge in [-0.05, 0) is 37.6 Å². The number of anilines is 1. The molecule has 2 amide bonds. The number of nitrogens with one attached hydrogen (secondary N) is 2. The van der Waals surface area contributed by atoms with Crippen LogP contribution in [0.5, 0.6) is 0 Å². The van der Waals surface area contributed by atoms with Crippen LogP contribution in [-0.2, 0) is 16.1 Å². The second-order valence-electron chi connectivity index (χ2n) is 8.41. The van der Waals surface area contributed by atoms with Gasteiger partial charge in [0.05, 0.1) is 36.6 Å². The molecule has 2 N–H and O–H groups in total. The van der Waals surface area contributed by atoms with E-state index in [9.17, 15) is 19.2 Å². The number of hydrogen-bond donors (Lipinski definition) is 2. The Morgan fingerprint density at radius 1 is 0.941 bits per heavy atom. The monoisotopic (exact) mass is 457 g/mol. The predicted octanol–water partition coefficient (Wildman–Crippen LogP) is 2.77. The van der Waals surface area contributed by atoms with Crippen molar-refractivity contribution in [1.29, 1.82) is 0 Å². The van der Waals surface area contributed by atoms with Crippen LogP contribution in [-0.4, -0.2) is 47.4 Å². The summed E-state index contributed by atoms with van der Waals surface area (Å²) in [7, 11) is 0. The smallest absolute Gasteiger partial charge is 0.238 e. The normalized spacial score (nSPS) is 17.2. The lowest BCUT2D eigenvalue weighted by Gasteiger charge is -2.24. The van der Waals surface area contributed by atoms with Crippen LogP contribution in [0.1, 0.15) is 50.4 Å². The van der Waals surface area contributed by atoms with Gasteiger partial charge in [0.15, 0.2) is 11.6 Å². The van der Waals surface area contributed by atoms with Crippen molar-refractivity contribution in [1.82, 2.24) is 10.2 Å². The summed E-state index contributed by atoms with van der Waals surface area (Å²) < 4.78 is 5.24. The quantitative estimate of drug-likeness (QED) is 0.461. The van der Waals surface area contributed by atoms with Gasteiger partial charge in [-0.1, -0.05) is 36.4 Å². The van der Waals surface area contributed by atoms with Gasteiger partial charge in [0.2, 0.25) is 11.8 Å². The lowest BCUT2D eigenvalue weighted by Crippen LogP contribution is -2.45. The molecular formula is C26H23N3O5. The van der Waals surface area contributed by atoms with Crippen LogP contribution in [0.15, 0.2) is 65.3 Å². The van der Waals surface area contributed by atoms with Crippen LogP contribution in [0.25, 0.3) is 0 Å². The highest BCUT2D eigenvalue weighted by Crippen LogP contribution is 2.32. The second-order valence-corrected chi connectivity index (χ2v) is 8.41. The molecule has 2 aromatic carbocycles. The number of amides is 2. The third kappa shape index (κ3) is 4.04. The molecule has 1 aliphatic carbocycles. The molecule has 0 saturated carbocycles. The van der Waals surface area contributed by atoms with Gasteiger partial charge in [-0.15, -0.1) is 0 Å². The molecule has 3 aromatic rings. The number of hydrogen-bond acceptors (Lipinski definition) is 6. The number of likely N-dealkylation sites (tertiary alicyclic amines) is 1. The van der Waals surface area contributed by atoms with Crippen LogP contribution in [0.2, 0.25) is 0 Å². The largest absolute Gasteiger partial charge is 0.467 e. The highest BCUT2D eigenvalue weighted by atomic mass is 16.3. The summed E-state index contributed by atoms with van der Waals surface area (Å²) in [4.78, 5) is 53.4. The molecule has 2 aliphatic rings. The lowest BCUT2D eigenvalue weighted by molar-refractivity contribution is -0.126. The maximum Gasteiger partial charge on any atom is 0.238 e. The third-order valence-corrected chi connectivity index (χ3v) is 6.26. The molecule has 0 radical (unpaired) electrons. The Labute approximate surface area is 195 Å². The molecule has 5 rings (SSSR count). The highest BCUT2D eigenvalue weighted by molar-refractivity contribution is 6.30. The third-order valence-electron chi connectivity index (χ3n) is 6.26. The first-order valence-corrected chi connectivity index (χ1v) is 11.2. The molecule has 1 aromatic heterocycles. The fourth-order valence-electron chi connectivity index (χ4n) is 4.64. The molecular weight excluding hydrogens is 434 g/mol. The Kier molecular flexibility index (Phi) is 5.81. The topological polar surface area (TPSA) is 109 Å². The predicted molar refractivity (Wildman–Crippen MR) is 124 cm³/mol. The minimum Gasteiger partial charge on any atom is -0.467 e. The highest BCUT2D eigenvalue weighted by Gasteiger charge is 2.34. The van der Waals surface area contributed by atoms with E-state index in [1.807, 2.05) is 4.90 Å². The van der Waals surface area contributed by atoms with Gasteiger partial charge in [0.1, 0.15) is 5.76 Å². The average Bonchev–Trinajstić information content (AvgIpc) is 3.53. The maximum absolute atomic E-state index is 13.1. The minimum absolute atomic E-state index is 0.00122. The molecule has 2 heterocycles. The SMILES string of the molecule is O=C(CN1CCCC1C(=O)NCc1ccco1)Nc1cccc2c1C(=O)c1ccccc1C2=O. The van der Waals surface area contributed by atoms with Gasteiger partial charge < -0.3 is 15.1 Å². The molecule has 1 saturated heterocycles. The number of ketones is 2. The molecule has 1 unspecified atom stereocenters. The molecule has 172 valence electrons. The van der Waals surface area contributed by atoms with E-state index in [0.29, 0.717) is 35.5 Å². The van der Waals surface area contributed by atoms with Crippen molar-refractivity contribution in [3.63, 3.8) is 0 Å². The van der Waals surface area contributed by atoms with Crippen molar-refractivity contribution < 1.29 is 23.6 Å². The van der Waals surface area contributed by atoms with Crippen molar-refractivity contribution in [2.45, 2.75) is 25.4 Å². The fourth-order valence-corrected chi connectivity index (χ4v) is 4.64. The summed E-state index contributed by atoms with van der Waals surface area (Å²) in [6, 6.07) is 14.7. The molecule has 8 nitrogen and oxygen atoms in total. The van der Waals surface area contributed by atoms with E-state index in [0.717, 1.165) is 6.42 Å². The van der Waals surface area contributed by atoms with Gasteiger partial charge >= 0.3 is 0 Å². The van der Waals surface area contributed by atoms with Crippen LogP contribution in [0.4, 0.5) is 5.69 Å². The number of fused-ring (bicyclic) bond motifs is 2. The molecule has 0 spiro atoms. The summed E-state index contributed by atoms with van der Waals surface area (Å²) in [6.45, 7) is 0.904. The van der Waals surface area contributed by atoms with Crippen LogP contribution >= 0.6 is 0 Å². The zero-order valence-corrected chi connectivity index (χ0v) is 18.4. The maximum atomic E-state index is 13.1. The van der Waals surface area contributed by atoms with Gasteiger partial charge in [-0.2, -0.15) is 0 Å². The first kappa shape index (κ1) is 21.8. The Hall–Kier alpha value is -4.04. The molecule has 8 heteroatoms. The Morgan fingerprint density at radius 3 is 2.47 bits per heavy atom. The summed E-state index contributed by atoms with van der Waals surface area (Å²) in [5.41, 5.74) is 1.47. The second kappa shape index (κ2) is 9.07. The lowest BCUT2D eigenvalue weighted by atomic mass is 9.83.